The number of hydrogen-bond donors (Lipinski definition) is 4. The standard InChI is InChI=1S/C21H23NO6/c1-20(27)11-7-5-4-6-10(11)18(25)16-12(20)8-13-17(22(2)3)14(23)9-15(24)21(13,28)19(16)26/h4-7,9,12-13,17,24-25,27-28H,8H2,1-3H3/t12-,13-,17-,20+,21-/m0/s1. The van der Waals surface area contributed by atoms with Crippen LogP contribution in [-0.4, -0.2) is 62.6 Å². The van der Waals surface area contributed by atoms with E-state index in [1.807, 2.05) is 0 Å². The van der Waals surface area contributed by atoms with Gasteiger partial charge in [0.2, 0.25) is 5.78 Å². The van der Waals surface area contributed by atoms with Gasteiger partial charge >= 0.3 is 0 Å². The third-order valence-corrected chi connectivity index (χ3v) is 6.53. The van der Waals surface area contributed by atoms with Gasteiger partial charge in [0.15, 0.2) is 11.4 Å². The number of aliphatic hydroxyl groups excluding tert-OH is 2. The van der Waals surface area contributed by atoms with Crippen molar-refractivity contribution in [3.8, 4) is 0 Å². The summed E-state index contributed by atoms with van der Waals surface area (Å²) >= 11 is 0. The SMILES string of the molecule is CN(C)[C@@H]1C(=O)C=C(O)[C@]2(O)C(=O)C3=C(O)c4ccccc4[C@@](C)(O)[C@H]3C[C@@H]12. The largest absolute Gasteiger partial charge is 0.509 e. The first-order valence-corrected chi connectivity index (χ1v) is 9.16. The molecule has 28 heavy (non-hydrogen) atoms. The Bertz CT molecular complexity index is 959. The van der Waals surface area contributed by atoms with Crippen LogP contribution in [0.3, 0.4) is 0 Å². The van der Waals surface area contributed by atoms with E-state index in [4.69, 9.17) is 0 Å². The lowest BCUT2D eigenvalue weighted by molar-refractivity contribution is -0.157. The number of fused-ring (bicyclic) bond motifs is 3. The van der Waals surface area contributed by atoms with Gasteiger partial charge < -0.3 is 20.4 Å². The minimum absolute atomic E-state index is 0.0372. The van der Waals surface area contributed by atoms with E-state index in [9.17, 15) is 30.0 Å². The Hall–Kier alpha value is -2.48. The first-order valence-electron chi connectivity index (χ1n) is 9.16. The zero-order valence-electron chi connectivity index (χ0n) is 15.9. The molecule has 0 amide bonds. The molecule has 1 saturated carbocycles. The summed E-state index contributed by atoms with van der Waals surface area (Å²) in [4.78, 5) is 27.5. The molecule has 148 valence electrons. The second-order valence-corrected chi connectivity index (χ2v) is 8.29. The lowest BCUT2D eigenvalue weighted by Gasteiger charge is -2.52. The molecule has 7 heteroatoms. The van der Waals surface area contributed by atoms with Crippen molar-refractivity contribution in [2.75, 3.05) is 14.1 Å². The van der Waals surface area contributed by atoms with E-state index in [1.165, 1.54) is 0 Å². The van der Waals surface area contributed by atoms with Crippen LogP contribution in [0.1, 0.15) is 24.5 Å². The number of Topliss-reactive ketones (excluding diaryl/α,β-unsaturated/α-hetero) is 1. The van der Waals surface area contributed by atoms with Crippen LogP contribution < -0.4 is 0 Å². The summed E-state index contributed by atoms with van der Waals surface area (Å²) in [6.45, 7) is 1.56. The molecule has 4 rings (SSSR count). The van der Waals surface area contributed by atoms with Crippen molar-refractivity contribution in [1.29, 1.82) is 0 Å². The summed E-state index contributed by atoms with van der Waals surface area (Å²) in [6, 6.07) is 5.83. The van der Waals surface area contributed by atoms with Crippen molar-refractivity contribution >= 4 is 17.3 Å². The summed E-state index contributed by atoms with van der Waals surface area (Å²) < 4.78 is 0. The van der Waals surface area contributed by atoms with Crippen molar-refractivity contribution in [2.45, 2.75) is 30.6 Å². The fourth-order valence-corrected chi connectivity index (χ4v) is 5.13. The number of nitrogens with zero attached hydrogens (tertiary/aromatic N) is 1. The maximum Gasteiger partial charge on any atom is 0.202 e. The third kappa shape index (κ3) is 2.15. The minimum atomic E-state index is -2.33. The average molecular weight is 385 g/mol. The van der Waals surface area contributed by atoms with Gasteiger partial charge in [-0.15, -0.1) is 0 Å². The van der Waals surface area contributed by atoms with Gasteiger partial charge in [-0.05, 0) is 33.0 Å². The van der Waals surface area contributed by atoms with Crippen LogP contribution in [0.2, 0.25) is 0 Å². The molecule has 0 aromatic heterocycles. The molecule has 0 bridgehead atoms. The molecule has 3 aliphatic rings. The molecule has 7 nitrogen and oxygen atoms in total. The number of carbonyl (C=O) groups is 2. The normalized spacial score (nSPS) is 37.4. The van der Waals surface area contributed by atoms with Crippen molar-refractivity contribution in [2.24, 2.45) is 11.8 Å². The number of aliphatic hydroxyl groups is 4. The highest BCUT2D eigenvalue weighted by molar-refractivity contribution is 6.13. The van der Waals surface area contributed by atoms with E-state index >= 15 is 0 Å². The molecule has 0 unspecified atom stereocenters. The number of ketones is 2. The van der Waals surface area contributed by atoms with Crippen molar-refractivity contribution in [1.82, 2.24) is 4.90 Å². The van der Waals surface area contributed by atoms with E-state index < -0.39 is 46.4 Å². The lowest BCUT2D eigenvalue weighted by atomic mass is 9.55. The summed E-state index contributed by atoms with van der Waals surface area (Å²) in [5.41, 5.74) is -3.15. The fraction of sp³-hybridized carbons (Fsp3) is 0.429. The molecule has 0 aliphatic heterocycles. The summed E-state index contributed by atoms with van der Waals surface area (Å²) in [7, 11) is 3.31. The average Bonchev–Trinajstić information content (AvgIpc) is 2.62. The number of benzene rings is 1. The van der Waals surface area contributed by atoms with Crippen LogP contribution in [0.25, 0.3) is 5.76 Å². The van der Waals surface area contributed by atoms with E-state index in [-0.39, 0.29) is 17.8 Å². The van der Waals surface area contributed by atoms with Gasteiger partial charge in [-0.25, -0.2) is 0 Å². The summed E-state index contributed by atoms with van der Waals surface area (Å²) in [5, 5.41) is 43.8. The lowest BCUT2D eigenvalue weighted by Crippen LogP contribution is -2.65. The Morgan fingerprint density at radius 3 is 2.39 bits per heavy atom. The Balaban J connectivity index is 1.98. The van der Waals surface area contributed by atoms with Crippen LogP contribution >= 0.6 is 0 Å². The molecule has 3 aliphatic carbocycles. The third-order valence-electron chi connectivity index (χ3n) is 6.53. The van der Waals surface area contributed by atoms with Gasteiger partial charge in [-0.2, -0.15) is 0 Å². The smallest absolute Gasteiger partial charge is 0.202 e. The highest BCUT2D eigenvalue weighted by Gasteiger charge is 2.64. The molecule has 1 aromatic rings. The highest BCUT2D eigenvalue weighted by atomic mass is 16.3. The Kier molecular flexibility index (Phi) is 3.88. The van der Waals surface area contributed by atoms with Crippen molar-refractivity contribution < 1.29 is 30.0 Å². The second kappa shape index (κ2) is 5.76. The zero-order chi connectivity index (χ0) is 20.6. The molecule has 0 spiro atoms. The fourth-order valence-electron chi connectivity index (χ4n) is 5.13. The van der Waals surface area contributed by atoms with Gasteiger partial charge in [-0.3, -0.25) is 14.5 Å². The van der Waals surface area contributed by atoms with E-state index in [2.05, 4.69) is 0 Å². The van der Waals surface area contributed by atoms with Crippen molar-refractivity contribution in [3.05, 3.63) is 52.8 Å². The van der Waals surface area contributed by atoms with Crippen LogP contribution in [0.4, 0.5) is 0 Å². The van der Waals surface area contributed by atoms with Gasteiger partial charge in [-0.1, -0.05) is 24.3 Å². The molecular formula is C21H23NO6. The molecule has 1 fully saturated rings. The number of hydrogen-bond acceptors (Lipinski definition) is 7. The Labute approximate surface area is 162 Å². The monoisotopic (exact) mass is 385 g/mol. The van der Waals surface area contributed by atoms with Gasteiger partial charge in [0, 0.05) is 29.0 Å². The predicted octanol–water partition coefficient (Wildman–Crippen LogP) is 1.07. The molecule has 4 N–H and O–H groups in total. The predicted molar refractivity (Wildman–Crippen MR) is 100 cm³/mol. The maximum atomic E-state index is 13.4. The van der Waals surface area contributed by atoms with Gasteiger partial charge in [0.1, 0.15) is 11.5 Å². The molecule has 0 saturated heterocycles. The van der Waals surface area contributed by atoms with E-state index in [1.54, 1.807) is 50.2 Å². The molecular weight excluding hydrogens is 362 g/mol. The molecule has 5 atom stereocenters. The van der Waals surface area contributed by atoms with E-state index in [0.717, 1.165) is 6.08 Å². The van der Waals surface area contributed by atoms with E-state index in [0.29, 0.717) is 11.1 Å². The first kappa shape index (κ1) is 18.9. The molecule has 0 radical (unpaired) electrons. The van der Waals surface area contributed by atoms with Gasteiger partial charge in [0.25, 0.3) is 0 Å². The number of rotatable bonds is 1. The minimum Gasteiger partial charge on any atom is -0.509 e. The first-order chi connectivity index (χ1) is 13.0. The summed E-state index contributed by atoms with van der Waals surface area (Å²) in [5.74, 6) is -4.13. The van der Waals surface area contributed by atoms with Gasteiger partial charge in [0.05, 0.1) is 11.6 Å². The topological polar surface area (TPSA) is 118 Å². The molecule has 1 aromatic carbocycles. The number of carbonyl (C=O) groups excluding carboxylic acids is 2. The Morgan fingerprint density at radius 1 is 1.11 bits per heavy atom. The highest BCUT2D eigenvalue weighted by Crippen LogP contribution is 2.55. The van der Waals surface area contributed by atoms with Crippen LogP contribution in [0.15, 0.2) is 41.7 Å². The number of likely N-dealkylation sites (N-methyl/N-ethyl adjacent to an activating group) is 1. The zero-order valence-corrected chi connectivity index (χ0v) is 15.9. The summed E-state index contributed by atoms with van der Waals surface area (Å²) in [6.07, 6.45) is 0.918. The quantitative estimate of drug-likeness (QED) is 0.571. The molecule has 0 heterocycles. The van der Waals surface area contributed by atoms with Crippen molar-refractivity contribution in [3.63, 3.8) is 0 Å². The van der Waals surface area contributed by atoms with Crippen LogP contribution in [0, 0.1) is 11.8 Å². The van der Waals surface area contributed by atoms with Crippen LogP contribution in [-0.2, 0) is 15.2 Å². The second-order valence-electron chi connectivity index (χ2n) is 8.29. The maximum absolute atomic E-state index is 13.4. The Morgan fingerprint density at radius 2 is 1.75 bits per heavy atom. The van der Waals surface area contributed by atoms with Crippen LogP contribution in [0.5, 0.6) is 0 Å².